The second kappa shape index (κ2) is 6.72. The molecule has 6 heteroatoms. The molecule has 0 heterocycles. The Kier molecular flexibility index (Phi) is 4.98. The highest BCUT2D eigenvalue weighted by molar-refractivity contribution is 9.10. The van der Waals surface area contributed by atoms with Crippen molar-refractivity contribution in [3.05, 3.63) is 57.8 Å². The van der Waals surface area contributed by atoms with E-state index in [1.807, 2.05) is 24.3 Å². The van der Waals surface area contributed by atoms with Gasteiger partial charge in [0.15, 0.2) is 0 Å². The maximum absolute atomic E-state index is 12.9. The van der Waals surface area contributed by atoms with Gasteiger partial charge in [0.2, 0.25) is 5.91 Å². The van der Waals surface area contributed by atoms with Crippen LogP contribution in [0.4, 0.5) is 15.8 Å². The average molecular weight is 358 g/mol. The highest BCUT2D eigenvalue weighted by Gasteiger charge is 2.06. The van der Waals surface area contributed by atoms with E-state index in [0.29, 0.717) is 5.69 Å². The van der Waals surface area contributed by atoms with Gasteiger partial charge in [0.1, 0.15) is 5.82 Å². The van der Waals surface area contributed by atoms with Gasteiger partial charge < -0.3 is 10.6 Å². The summed E-state index contributed by atoms with van der Waals surface area (Å²) in [6.07, 6.45) is 0. The lowest BCUT2D eigenvalue weighted by Gasteiger charge is -2.09. The Morgan fingerprint density at radius 2 is 2.05 bits per heavy atom. The van der Waals surface area contributed by atoms with Gasteiger partial charge in [-0.2, -0.15) is 0 Å². The van der Waals surface area contributed by atoms with Crippen LogP contribution in [-0.2, 0) is 4.79 Å². The quantitative estimate of drug-likeness (QED) is 0.857. The molecule has 0 saturated heterocycles. The third-order valence-electron chi connectivity index (χ3n) is 2.48. The van der Waals surface area contributed by atoms with Crippen LogP contribution in [0.25, 0.3) is 0 Å². The number of amides is 1. The van der Waals surface area contributed by atoms with Crippen LogP contribution >= 0.6 is 27.5 Å². The number of carbonyl (C=O) groups is 1. The maximum atomic E-state index is 12.9. The van der Waals surface area contributed by atoms with Gasteiger partial charge in [0.25, 0.3) is 0 Å². The fraction of sp³-hybridized carbons (Fsp3) is 0.0714. The lowest BCUT2D eigenvalue weighted by Crippen LogP contribution is -2.21. The molecule has 20 heavy (non-hydrogen) atoms. The van der Waals surface area contributed by atoms with Crippen LogP contribution in [0.1, 0.15) is 0 Å². The molecule has 0 bridgehead atoms. The van der Waals surface area contributed by atoms with Gasteiger partial charge in [-0.25, -0.2) is 4.39 Å². The van der Waals surface area contributed by atoms with E-state index in [4.69, 9.17) is 11.6 Å². The first kappa shape index (κ1) is 14.8. The monoisotopic (exact) mass is 356 g/mol. The van der Waals surface area contributed by atoms with Crippen LogP contribution in [-0.4, -0.2) is 12.5 Å². The Morgan fingerprint density at radius 3 is 2.75 bits per heavy atom. The van der Waals surface area contributed by atoms with E-state index in [2.05, 4.69) is 26.6 Å². The summed E-state index contributed by atoms with van der Waals surface area (Å²) in [4.78, 5) is 11.8. The molecule has 3 nitrogen and oxygen atoms in total. The summed E-state index contributed by atoms with van der Waals surface area (Å²) in [6.45, 7) is 0.0875. The summed E-state index contributed by atoms with van der Waals surface area (Å²) in [5.41, 5.74) is 1.20. The van der Waals surface area contributed by atoms with Crippen molar-refractivity contribution in [3.8, 4) is 0 Å². The smallest absolute Gasteiger partial charge is 0.243 e. The number of rotatable bonds is 4. The van der Waals surface area contributed by atoms with Crippen LogP contribution in [0.2, 0.25) is 5.02 Å². The molecule has 0 saturated carbocycles. The first-order chi connectivity index (χ1) is 9.54. The zero-order valence-electron chi connectivity index (χ0n) is 10.3. The maximum Gasteiger partial charge on any atom is 0.243 e. The van der Waals surface area contributed by atoms with Gasteiger partial charge in [-0.1, -0.05) is 33.6 Å². The number of halogens is 3. The summed E-state index contributed by atoms with van der Waals surface area (Å²) in [6, 6.07) is 11.3. The van der Waals surface area contributed by atoms with Crippen molar-refractivity contribution in [1.82, 2.24) is 0 Å². The molecule has 0 atom stereocenters. The van der Waals surface area contributed by atoms with Crippen molar-refractivity contribution in [2.45, 2.75) is 0 Å². The predicted molar refractivity (Wildman–Crippen MR) is 82.7 cm³/mol. The van der Waals surface area contributed by atoms with Crippen molar-refractivity contribution in [3.63, 3.8) is 0 Å². The molecule has 0 aliphatic carbocycles. The molecule has 0 fully saturated rings. The van der Waals surface area contributed by atoms with Crippen molar-refractivity contribution in [2.75, 3.05) is 17.2 Å². The SMILES string of the molecule is O=C(CNc1cccc(Br)c1)Nc1ccc(F)cc1Cl. The van der Waals surface area contributed by atoms with Gasteiger partial charge in [-0.15, -0.1) is 0 Å². The fourth-order valence-electron chi connectivity index (χ4n) is 1.57. The minimum absolute atomic E-state index is 0.0875. The molecule has 0 aliphatic heterocycles. The normalized spacial score (nSPS) is 10.2. The second-order valence-electron chi connectivity index (χ2n) is 4.04. The van der Waals surface area contributed by atoms with E-state index in [0.717, 1.165) is 16.2 Å². The molecule has 0 radical (unpaired) electrons. The Hall–Kier alpha value is -1.59. The molecule has 2 N–H and O–H groups in total. The fourth-order valence-corrected chi connectivity index (χ4v) is 2.18. The number of hydrogen-bond donors (Lipinski definition) is 2. The third-order valence-corrected chi connectivity index (χ3v) is 3.29. The van der Waals surface area contributed by atoms with Gasteiger partial charge in [-0.05, 0) is 36.4 Å². The number of benzene rings is 2. The third kappa shape index (κ3) is 4.21. The van der Waals surface area contributed by atoms with Gasteiger partial charge >= 0.3 is 0 Å². The average Bonchev–Trinajstić information content (AvgIpc) is 2.40. The summed E-state index contributed by atoms with van der Waals surface area (Å²) < 4.78 is 13.8. The molecule has 104 valence electrons. The number of nitrogens with one attached hydrogen (secondary N) is 2. The van der Waals surface area contributed by atoms with Crippen LogP contribution in [0.5, 0.6) is 0 Å². The summed E-state index contributed by atoms with van der Waals surface area (Å²) >= 11 is 9.18. The van der Waals surface area contributed by atoms with Crippen LogP contribution in [0.3, 0.4) is 0 Å². The van der Waals surface area contributed by atoms with Crippen molar-refractivity contribution >= 4 is 44.8 Å². The highest BCUT2D eigenvalue weighted by Crippen LogP contribution is 2.22. The summed E-state index contributed by atoms with van der Waals surface area (Å²) in [7, 11) is 0. The highest BCUT2D eigenvalue weighted by atomic mass is 79.9. The van der Waals surface area contributed by atoms with Crippen molar-refractivity contribution < 1.29 is 9.18 Å². The van der Waals surface area contributed by atoms with E-state index in [1.165, 1.54) is 12.1 Å². The number of anilines is 2. The topological polar surface area (TPSA) is 41.1 Å². The van der Waals surface area contributed by atoms with E-state index >= 15 is 0 Å². The van der Waals surface area contributed by atoms with Crippen LogP contribution in [0, 0.1) is 5.82 Å². The molecular formula is C14H11BrClFN2O. The first-order valence-corrected chi connectivity index (χ1v) is 6.96. The zero-order valence-corrected chi connectivity index (χ0v) is 12.6. The minimum atomic E-state index is -0.444. The van der Waals surface area contributed by atoms with E-state index in [9.17, 15) is 9.18 Å². The number of carbonyl (C=O) groups excluding carboxylic acids is 1. The second-order valence-corrected chi connectivity index (χ2v) is 5.36. The first-order valence-electron chi connectivity index (χ1n) is 5.79. The minimum Gasteiger partial charge on any atom is -0.376 e. The lowest BCUT2D eigenvalue weighted by atomic mass is 10.3. The molecule has 2 aromatic rings. The Morgan fingerprint density at radius 1 is 1.25 bits per heavy atom. The van der Waals surface area contributed by atoms with Gasteiger partial charge in [-0.3, -0.25) is 4.79 Å². The molecule has 0 aromatic heterocycles. The van der Waals surface area contributed by atoms with Crippen molar-refractivity contribution in [1.29, 1.82) is 0 Å². The zero-order chi connectivity index (χ0) is 14.5. The Balaban J connectivity index is 1.92. The summed E-state index contributed by atoms with van der Waals surface area (Å²) in [5, 5.41) is 5.76. The Bertz CT molecular complexity index is 636. The van der Waals surface area contributed by atoms with E-state index in [-0.39, 0.29) is 17.5 Å². The number of hydrogen-bond acceptors (Lipinski definition) is 2. The molecule has 1 amide bonds. The predicted octanol–water partition coefficient (Wildman–Crippen LogP) is 4.29. The van der Waals surface area contributed by atoms with E-state index < -0.39 is 5.82 Å². The van der Waals surface area contributed by atoms with E-state index in [1.54, 1.807) is 0 Å². The summed E-state index contributed by atoms with van der Waals surface area (Å²) in [5.74, 6) is -0.709. The Labute approximate surface area is 129 Å². The van der Waals surface area contributed by atoms with Crippen molar-refractivity contribution in [2.24, 2.45) is 0 Å². The molecule has 0 aliphatic rings. The van der Waals surface area contributed by atoms with Gasteiger partial charge in [0, 0.05) is 10.2 Å². The van der Waals surface area contributed by atoms with Crippen LogP contribution < -0.4 is 10.6 Å². The van der Waals surface area contributed by atoms with Crippen LogP contribution in [0.15, 0.2) is 46.9 Å². The lowest BCUT2D eigenvalue weighted by molar-refractivity contribution is -0.114. The van der Waals surface area contributed by atoms with Gasteiger partial charge in [0.05, 0.1) is 17.3 Å². The molecule has 2 rings (SSSR count). The molecule has 0 spiro atoms. The largest absolute Gasteiger partial charge is 0.376 e. The molecule has 0 unspecified atom stereocenters. The standard InChI is InChI=1S/C14H11BrClFN2O/c15-9-2-1-3-11(6-9)18-8-14(20)19-13-5-4-10(17)7-12(13)16/h1-7,18H,8H2,(H,19,20). The molecular weight excluding hydrogens is 347 g/mol. The molecule has 2 aromatic carbocycles.